The Morgan fingerprint density at radius 2 is 2.25 bits per heavy atom. The van der Waals surface area contributed by atoms with Crippen molar-refractivity contribution in [1.29, 1.82) is 0 Å². The zero-order chi connectivity index (χ0) is 11.4. The Bertz CT molecular complexity index is 361. The van der Waals surface area contributed by atoms with Crippen molar-refractivity contribution < 1.29 is 9.53 Å². The minimum absolute atomic E-state index is 0.0235. The smallest absolute Gasteiger partial charge is 0.198 e. The fourth-order valence-electron chi connectivity index (χ4n) is 1.69. The molecule has 1 aliphatic heterocycles. The monoisotopic (exact) mass is 259 g/mol. The quantitative estimate of drug-likeness (QED) is 0.844. The molecule has 1 aromatic heterocycles. The molecule has 1 aliphatic rings. The highest BCUT2D eigenvalue weighted by Gasteiger charge is 2.16. The molecule has 0 aliphatic carbocycles. The second-order valence-electron chi connectivity index (χ2n) is 3.79. The van der Waals surface area contributed by atoms with Crippen molar-refractivity contribution >= 4 is 28.7 Å². The van der Waals surface area contributed by atoms with Gasteiger partial charge in [-0.05, 0) is 38.1 Å². The van der Waals surface area contributed by atoms with Gasteiger partial charge in [0.1, 0.15) is 6.61 Å². The molecule has 1 saturated heterocycles. The van der Waals surface area contributed by atoms with Crippen LogP contribution in [0, 0.1) is 0 Å². The van der Waals surface area contributed by atoms with E-state index in [1.54, 1.807) is 12.1 Å². The molecule has 0 unspecified atom stereocenters. The van der Waals surface area contributed by atoms with Crippen molar-refractivity contribution in [3.05, 3.63) is 21.3 Å². The number of rotatable bonds is 4. The largest absolute Gasteiger partial charge is 0.370 e. The van der Waals surface area contributed by atoms with Crippen LogP contribution in [0.4, 0.5) is 0 Å². The Kier molecular flexibility index (Phi) is 4.35. The van der Waals surface area contributed by atoms with E-state index in [-0.39, 0.29) is 18.5 Å². The van der Waals surface area contributed by atoms with Crippen LogP contribution in [0.5, 0.6) is 0 Å². The number of Topliss-reactive ketones (excluding diaryl/α,β-unsaturated/α-hetero) is 1. The van der Waals surface area contributed by atoms with E-state index in [2.05, 4.69) is 5.32 Å². The standard InChI is InChI=1S/C11H14ClNO2S/c12-11-2-1-10(16-11)9(14)7-15-8-3-5-13-6-4-8/h1-2,8,13H,3-7H2. The summed E-state index contributed by atoms with van der Waals surface area (Å²) in [5, 5.41) is 3.26. The van der Waals surface area contributed by atoms with Gasteiger partial charge in [0.2, 0.25) is 0 Å². The molecule has 2 rings (SSSR count). The number of ketones is 1. The van der Waals surface area contributed by atoms with Crippen molar-refractivity contribution in [2.45, 2.75) is 18.9 Å². The van der Waals surface area contributed by atoms with Crippen molar-refractivity contribution in [1.82, 2.24) is 5.32 Å². The number of piperidine rings is 1. The highest BCUT2D eigenvalue weighted by molar-refractivity contribution is 7.18. The minimum Gasteiger partial charge on any atom is -0.370 e. The summed E-state index contributed by atoms with van der Waals surface area (Å²) >= 11 is 7.08. The molecule has 1 N–H and O–H groups in total. The van der Waals surface area contributed by atoms with E-state index in [1.807, 2.05) is 0 Å². The first kappa shape index (κ1) is 12.0. The van der Waals surface area contributed by atoms with Gasteiger partial charge in [-0.15, -0.1) is 11.3 Å². The summed E-state index contributed by atoms with van der Waals surface area (Å²) in [4.78, 5) is 12.4. The number of halogens is 1. The molecule has 0 atom stereocenters. The average molecular weight is 260 g/mol. The van der Waals surface area contributed by atoms with Gasteiger partial charge < -0.3 is 10.1 Å². The van der Waals surface area contributed by atoms with E-state index in [0.29, 0.717) is 9.21 Å². The zero-order valence-electron chi connectivity index (χ0n) is 8.87. The van der Waals surface area contributed by atoms with Gasteiger partial charge in [-0.3, -0.25) is 4.79 Å². The molecular formula is C11H14ClNO2S. The highest BCUT2D eigenvalue weighted by atomic mass is 35.5. The van der Waals surface area contributed by atoms with Crippen LogP contribution in [0.2, 0.25) is 4.34 Å². The van der Waals surface area contributed by atoms with Crippen molar-refractivity contribution in [3.8, 4) is 0 Å². The SMILES string of the molecule is O=C(COC1CCNCC1)c1ccc(Cl)s1. The topological polar surface area (TPSA) is 38.3 Å². The summed E-state index contributed by atoms with van der Waals surface area (Å²) in [6.07, 6.45) is 2.19. The van der Waals surface area contributed by atoms with E-state index < -0.39 is 0 Å². The van der Waals surface area contributed by atoms with E-state index in [0.717, 1.165) is 25.9 Å². The van der Waals surface area contributed by atoms with Crippen LogP contribution >= 0.6 is 22.9 Å². The molecule has 0 aromatic carbocycles. The number of carbonyl (C=O) groups is 1. The first-order chi connectivity index (χ1) is 7.75. The third kappa shape index (κ3) is 3.28. The molecule has 0 bridgehead atoms. The molecule has 3 nitrogen and oxygen atoms in total. The van der Waals surface area contributed by atoms with Crippen LogP contribution in [0.3, 0.4) is 0 Å². The Morgan fingerprint density at radius 1 is 1.50 bits per heavy atom. The van der Waals surface area contributed by atoms with E-state index in [1.165, 1.54) is 11.3 Å². The maximum absolute atomic E-state index is 11.7. The van der Waals surface area contributed by atoms with Gasteiger partial charge in [-0.1, -0.05) is 11.6 Å². The van der Waals surface area contributed by atoms with Gasteiger partial charge in [-0.2, -0.15) is 0 Å². The van der Waals surface area contributed by atoms with Crippen LogP contribution in [0.25, 0.3) is 0 Å². The number of thiophene rings is 1. The fraction of sp³-hybridized carbons (Fsp3) is 0.545. The predicted molar refractivity (Wildman–Crippen MR) is 65.5 cm³/mol. The molecule has 2 heterocycles. The predicted octanol–water partition coefficient (Wildman–Crippen LogP) is 2.35. The van der Waals surface area contributed by atoms with E-state index in [9.17, 15) is 4.79 Å². The molecule has 0 spiro atoms. The zero-order valence-corrected chi connectivity index (χ0v) is 10.4. The number of ether oxygens (including phenoxy) is 1. The summed E-state index contributed by atoms with van der Waals surface area (Å²) in [7, 11) is 0. The molecule has 0 radical (unpaired) electrons. The average Bonchev–Trinajstić information content (AvgIpc) is 2.74. The van der Waals surface area contributed by atoms with Gasteiger partial charge >= 0.3 is 0 Å². The number of nitrogens with one attached hydrogen (secondary N) is 1. The maximum Gasteiger partial charge on any atom is 0.198 e. The van der Waals surface area contributed by atoms with Crippen LogP contribution in [0.1, 0.15) is 22.5 Å². The lowest BCUT2D eigenvalue weighted by atomic mass is 10.1. The fourth-order valence-corrected chi connectivity index (χ4v) is 2.66. The van der Waals surface area contributed by atoms with Crippen LogP contribution in [-0.2, 0) is 4.74 Å². The Hall–Kier alpha value is -0.420. The summed E-state index contributed by atoms with van der Waals surface area (Å²) in [5.74, 6) is 0.0235. The van der Waals surface area contributed by atoms with Gasteiger partial charge in [0.05, 0.1) is 15.3 Å². The lowest BCUT2D eigenvalue weighted by Gasteiger charge is -2.22. The molecule has 0 saturated carbocycles. The first-order valence-corrected chi connectivity index (χ1v) is 6.56. The lowest BCUT2D eigenvalue weighted by molar-refractivity contribution is 0.0320. The summed E-state index contributed by atoms with van der Waals surface area (Å²) in [6.45, 7) is 2.12. The van der Waals surface area contributed by atoms with Crippen molar-refractivity contribution in [2.24, 2.45) is 0 Å². The van der Waals surface area contributed by atoms with Crippen molar-refractivity contribution in [3.63, 3.8) is 0 Å². The van der Waals surface area contributed by atoms with Crippen molar-refractivity contribution in [2.75, 3.05) is 19.7 Å². The molecule has 0 amide bonds. The summed E-state index contributed by atoms with van der Waals surface area (Å²) in [6, 6.07) is 3.49. The van der Waals surface area contributed by atoms with Gasteiger partial charge in [-0.25, -0.2) is 0 Å². The van der Waals surface area contributed by atoms with E-state index >= 15 is 0 Å². The normalized spacial score (nSPS) is 17.6. The maximum atomic E-state index is 11.7. The highest BCUT2D eigenvalue weighted by Crippen LogP contribution is 2.22. The molecule has 88 valence electrons. The van der Waals surface area contributed by atoms with E-state index in [4.69, 9.17) is 16.3 Å². The third-order valence-corrected chi connectivity index (χ3v) is 3.86. The lowest BCUT2D eigenvalue weighted by Crippen LogP contribution is -2.33. The molecule has 16 heavy (non-hydrogen) atoms. The summed E-state index contributed by atoms with van der Waals surface area (Å²) in [5.41, 5.74) is 0. The Balaban J connectivity index is 1.79. The molecule has 5 heteroatoms. The second-order valence-corrected chi connectivity index (χ2v) is 5.50. The van der Waals surface area contributed by atoms with Gasteiger partial charge in [0, 0.05) is 0 Å². The number of carbonyl (C=O) groups excluding carboxylic acids is 1. The van der Waals surface area contributed by atoms with Gasteiger partial charge in [0.15, 0.2) is 5.78 Å². The van der Waals surface area contributed by atoms with Crippen LogP contribution in [-0.4, -0.2) is 31.6 Å². The molecule has 1 fully saturated rings. The third-order valence-electron chi connectivity index (χ3n) is 2.58. The van der Waals surface area contributed by atoms with Crippen LogP contribution in [0.15, 0.2) is 12.1 Å². The number of hydrogen-bond donors (Lipinski definition) is 1. The first-order valence-electron chi connectivity index (χ1n) is 5.36. The number of hydrogen-bond acceptors (Lipinski definition) is 4. The van der Waals surface area contributed by atoms with Gasteiger partial charge in [0.25, 0.3) is 0 Å². The Labute approximate surface area is 104 Å². The second kappa shape index (κ2) is 5.77. The minimum atomic E-state index is 0.0235. The molecule has 1 aromatic rings. The van der Waals surface area contributed by atoms with Crippen LogP contribution < -0.4 is 5.32 Å². The molecular weight excluding hydrogens is 246 g/mol. The summed E-state index contributed by atoms with van der Waals surface area (Å²) < 4.78 is 6.23. The Morgan fingerprint density at radius 3 is 2.88 bits per heavy atom.